The molecule has 0 saturated carbocycles. The normalized spacial score (nSPS) is 21.3. The second-order valence-electron chi connectivity index (χ2n) is 6.26. The van der Waals surface area contributed by atoms with E-state index in [1.807, 2.05) is 6.92 Å². The Bertz CT molecular complexity index is 569. The first kappa shape index (κ1) is 18.7. The molecule has 1 aromatic rings. The molecule has 0 aromatic heterocycles. The highest BCUT2D eigenvalue weighted by molar-refractivity contribution is 5.95. The summed E-state index contributed by atoms with van der Waals surface area (Å²) < 4.78 is 5.35. The highest BCUT2D eigenvalue weighted by Crippen LogP contribution is 2.20. The molecule has 2 unspecified atom stereocenters. The van der Waals surface area contributed by atoms with Crippen molar-refractivity contribution in [2.24, 2.45) is 11.8 Å². The van der Waals surface area contributed by atoms with Crippen LogP contribution in [-0.4, -0.2) is 37.6 Å². The standard InChI is InChI=1S/C17H23N3O3.ClH/c1-11(12-9-18-10-12)16(21)19-13-4-6-14(7-5-13)20-17(22)15-3-2-8-23-15;/h4-7,11-12,15,18H,2-3,8-10H2,1H3,(H,19,21)(H,20,22);1H. The minimum atomic E-state index is -0.341. The van der Waals surface area contributed by atoms with Gasteiger partial charge in [0.25, 0.3) is 5.91 Å². The van der Waals surface area contributed by atoms with Gasteiger partial charge in [0.2, 0.25) is 5.91 Å². The molecule has 0 spiro atoms. The van der Waals surface area contributed by atoms with Crippen molar-refractivity contribution in [2.75, 3.05) is 30.3 Å². The molecule has 2 amide bonds. The van der Waals surface area contributed by atoms with E-state index in [0.29, 0.717) is 18.2 Å². The Morgan fingerprint density at radius 3 is 2.29 bits per heavy atom. The average molecular weight is 354 g/mol. The number of benzene rings is 1. The van der Waals surface area contributed by atoms with Gasteiger partial charge < -0.3 is 20.7 Å². The summed E-state index contributed by atoms with van der Waals surface area (Å²) in [6, 6.07) is 7.18. The summed E-state index contributed by atoms with van der Waals surface area (Å²) in [7, 11) is 0. The van der Waals surface area contributed by atoms with Crippen molar-refractivity contribution in [2.45, 2.75) is 25.9 Å². The van der Waals surface area contributed by atoms with Crippen LogP contribution in [0.4, 0.5) is 11.4 Å². The summed E-state index contributed by atoms with van der Waals surface area (Å²) in [5, 5.41) is 8.94. The molecule has 2 aliphatic heterocycles. The van der Waals surface area contributed by atoms with Crippen LogP contribution in [0.3, 0.4) is 0 Å². The molecule has 2 atom stereocenters. The monoisotopic (exact) mass is 353 g/mol. The molecule has 2 aliphatic rings. The third kappa shape index (κ3) is 4.47. The molecule has 7 heteroatoms. The van der Waals surface area contributed by atoms with Gasteiger partial charge in [-0.25, -0.2) is 0 Å². The molecule has 0 radical (unpaired) electrons. The van der Waals surface area contributed by atoms with Crippen LogP contribution in [-0.2, 0) is 14.3 Å². The second kappa shape index (κ2) is 8.46. The lowest BCUT2D eigenvalue weighted by Gasteiger charge is -2.31. The van der Waals surface area contributed by atoms with Crippen molar-refractivity contribution in [3.8, 4) is 0 Å². The molecule has 0 bridgehead atoms. The van der Waals surface area contributed by atoms with Crippen LogP contribution in [0, 0.1) is 11.8 Å². The number of hydrogen-bond donors (Lipinski definition) is 3. The van der Waals surface area contributed by atoms with Gasteiger partial charge in [-0.1, -0.05) is 6.92 Å². The minimum absolute atomic E-state index is 0. The fraction of sp³-hybridized carbons (Fsp3) is 0.529. The van der Waals surface area contributed by atoms with Crippen LogP contribution < -0.4 is 16.0 Å². The Hall–Kier alpha value is -1.63. The number of rotatable bonds is 5. The van der Waals surface area contributed by atoms with E-state index in [0.717, 1.165) is 31.6 Å². The van der Waals surface area contributed by atoms with Crippen LogP contribution >= 0.6 is 12.4 Å². The molecule has 3 N–H and O–H groups in total. The molecule has 0 aliphatic carbocycles. The van der Waals surface area contributed by atoms with Crippen LogP contribution in [0.1, 0.15) is 19.8 Å². The topological polar surface area (TPSA) is 79.5 Å². The third-order valence-corrected chi connectivity index (χ3v) is 4.58. The quantitative estimate of drug-likeness (QED) is 0.756. The van der Waals surface area contributed by atoms with Crippen molar-refractivity contribution >= 4 is 35.6 Å². The Balaban J connectivity index is 0.00000208. The number of nitrogens with one attached hydrogen (secondary N) is 3. The Kier molecular flexibility index (Phi) is 6.60. The third-order valence-electron chi connectivity index (χ3n) is 4.58. The molecule has 24 heavy (non-hydrogen) atoms. The lowest BCUT2D eigenvalue weighted by atomic mass is 9.88. The molecule has 2 fully saturated rings. The summed E-state index contributed by atoms with van der Waals surface area (Å²) in [4.78, 5) is 24.1. The fourth-order valence-corrected chi connectivity index (χ4v) is 2.78. The van der Waals surface area contributed by atoms with E-state index in [9.17, 15) is 9.59 Å². The zero-order chi connectivity index (χ0) is 16.2. The van der Waals surface area contributed by atoms with Crippen LogP contribution in [0.2, 0.25) is 0 Å². The van der Waals surface area contributed by atoms with E-state index in [1.54, 1.807) is 24.3 Å². The van der Waals surface area contributed by atoms with E-state index in [-0.39, 0.29) is 36.2 Å². The molecule has 6 nitrogen and oxygen atoms in total. The molecule has 3 rings (SSSR count). The number of hydrogen-bond acceptors (Lipinski definition) is 4. The average Bonchev–Trinajstić information content (AvgIpc) is 3.01. The van der Waals surface area contributed by atoms with E-state index in [4.69, 9.17) is 4.74 Å². The SMILES string of the molecule is CC(C(=O)Nc1ccc(NC(=O)C2CCCO2)cc1)C1CNC1.Cl. The van der Waals surface area contributed by atoms with Gasteiger partial charge in [-0.3, -0.25) is 9.59 Å². The molecule has 1 aromatic carbocycles. The second-order valence-corrected chi connectivity index (χ2v) is 6.26. The van der Waals surface area contributed by atoms with E-state index >= 15 is 0 Å². The number of carbonyl (C=O) groups is 2. The number of ether oxygens (including phenoxy) is 1. The molecular weight excluding hydrogens is 330 g/mol. The summed E-state index contributed by atoms with van der Waals surface area (Å²) in [5.41, 5.74) is 1.45. The smallest absolute Gasteiger partial charge is 0.253 e. The number of halogens is 1. The van der Waals surface area contributed by atoms with Crippen molar-refractivity contribution in [3.63, 3.8) is 0 Å². The first-order valence-corrected chi connectivity index (χ1v) is 8.17. The summed E-state index contributed by atoms with van der Waals surface area (Å²) in [6.07, 6.45) is 1.36. The van der Waals surface area contributed by atoms with Gasteiger partial charge in [0, 0.05) is 23.9 Å². The van der Waals surface area contributed by atoms with Gasteiger partial charge in [0.15, 0.2) is 0 Å². The molecule has 132 valence electrons. The van der Waals surface area contributed by atoms with Gasteiger partial charge in [0.1, 0.15) is 6.10 Å². The molecule has 2 saturated heterocycles. The minimum Gasteiger partial charge on any atom is -0.368 e. The Morgan fingerprint density at radius 2 is 1.79 bits per heavy atom. The lowest BCUT2D eigenvalue weighted by Crippen LogP contribution is -2.48. The number of carbonyl (C=O) groups excluding carboxylic acids is 2. The van der Waals surface area contributed by atoms with Gasteiger partial charge >= 0.3 is 0 Å². The molecular formula is C17H24ClN3O3. The van der Waals surface area contributed by atoms with Gasteiger partial charge in [-0.05, 0) is 56.1 Å². The predicted molar refractivity (Wildman–Crippen MR) is 95.4 cm³/mol. The van der Waals surface area contributed by atoms with E-state index in [2.05, 4.69) is 16.0 Å². The van der Waals surface area contributed by atoms with Crippen molar-refractivity contribution in [1.29, 1.82) is 0 Å². The van der Waals surface area contributed by atoms with Gasteiger partial charge in [0.05, 0.1) is 0 Å². The van der Waals surface area contributed by atoms with E-state index < -0.39 is 0 Å². The highest BCUT2D eigenvalue weighted by atomic mass is 35.5. The fourth-order valence-electron chi connectivity index (χ4n) is 2.78. The first-order chi connectivity index (χ1) is 11.1. The van der Waals surface area contributed by atoms with Gasteiger partial charge in [-0.15, -0.1) is 12.4 Å². The van der Waals surface area contributed by atoms with Gasteiger partial charge in [-0.2, -0.15) is 0 Å². The van der Waals surface area contributed by atoms with Crippen LogP contribution in [0.25, 0.3) is 0 Å². The first-order valence-electron chi connectivity index (χ1n) is 8.17. The summed E-state index contributed by atoms with van der Waals surface area (Å²) >= 11 is 0. The lowest BCUT2D eigenvalue weighted by molar-refractivity contribution is -0.124. The largest absolute Gasteiger partial charge is 0.368 e. The van der Waals surface area contributed by atoms with Crippen LogP contribution in [0.5, 0.6) is 0 Å². The van der Waals surface area contributed by atoms with Crippen molar-refractivity contribution in [3.05, 3.63) is 24.3 Å². The maximum atomic E-state index is 12.2. The highest BCUT2D eigenvalue weighted by Gasteiger charge is 2.28. The van der Waals surface area contributed by atoms with E-state index in [1.165, 1.54) is 0 Å². The Morgan fingerprint density at radius 1 is 1.17 bits per heavy atom. The number of anilines is 2. The zero-order valence-corrected chi connectivity index (χ0v) is 14.5. The maximum absolute atomic E-state index is 12.2. The Labute approximate surface area is 148 Å². The molecule has 2 heterocycles. The summed E-state index contributed by atoms with van der Waals surface area (Å²) in [6.45, 7) is 4.42. The zero-order valence-electron chi connectivity index (χ0n) is 13.7. The predicted octanol–water partition coefficient (Wildman–Crippen LogP) is 2.02. The van der Waals surface area contributed by atoms with Crippen LogP contribution in [0.15, 0.2) is 24.3 Å². The van der Waals surface area contributed by atoms with Crippen molar-refractivity contribution in [1.82, 2.24) is 5.32 Å². The number of amides is 2. The maximum Gasteiger partial charge on any atom is 0.253 e. The summed E-state index contributed by atoms with van der Waals surface area (Å²) in [5.74, 6) is 0.341. The van der Waals surface area contributed by atoms with Crippen molar-refractivity contribution < 1.29 is 14.3 Å².